The van der Waals surface area contributed by atoms with E-state index in [2.05, 4.69) is 22.5 Å². The molecule has 2 aliphatic heterocycles. The van der Waals surface area contributed by atoms with E-state index >= 15 is 0 Å². The molecule has 122 valence electrons. The van der Waals surface area contributed by atoms with Crippen LogP contribution in [0.1, 0.15) is 25.8 Å². The molecule has 0 aromatic heterocycles. The van der Waals surface area contributed by atoms with Crippen molar-refractivity contribution in [2.75, 3.05) is 12.0 Å². The Kier molecular flexibility index (Phi) is 3.55. The Labute approximate surface area is 143 Å². The minimum absolute atomic E-state index is 0.193. The number of ether oxygens (including phenoxy) is 2. The molecular weight excluding hydrogens is 362 g/mol. The first kappa shape index (κ1) is 16.1. The first-order chi connectivity index (χ1) is 10.8. The number of rotatable bonds is 2. The molecular formula is C17H18BrNO4. The summed E-state index contributed by atoms with van der Waals surface area (Å²) in [6.45, 7) is 7.93. The third kappa shape index (κ3) is 1.97. The van der Waals surface area contributed by atoms with Gasteiger partial charge in [0, 0.05) is 4.47 Å². The van der Waals surface area contributed by atoms with Crippen molar-refractivity contribution >= 4 is 33.7 Å². The summed E-state index contributed by atoms with van der Waals surface area (Å²) in [6, 6.07) is 5.68. The molecule has 0 N–H and O–H groups in total. The topological polar surface area (TPSA) is 55.8 Å². The summed E-state index contributed by atoms with van der Waals surface area (Å²) < 4.78 is 11.3. The zero-order chi connectivity index (χ0) is 17.0. The van der Waals surface area contributed by atoms with Crippen molar-refractivity contribution in [2.24, 2.45) is 5.41 Å². The van der Waals surface area contributed by atoms with Gasteiger partial charge >= 0.3 is 12.1 Å². The van der Waals surface area contributed by atoms with E-state index in [-0.39, 0.29) is 12.4 Å². The molecule has 0 radical (unpaired) electrons. The highest BCUT2D eigenvalue weighted by Crippen LogP contribution is 2.60. The zero-order valence-corrected chi connectivity index (χ0v) is 14.8. The SMILES string of the molecule is C=CC(C)(C)[C@@]12CC(=O)O[C@@H]1N(C(=O)OC)c1cc(Br)ccc12. The number of esters is 1. The van der Waals surface area contributed by atoms with Crippen LogP contribution in [0.5, 0.6) is 0 Å². The van der Waals surface area contributed by atoms with Crippen LogP contribution in [-0.2, 0) is 19.7 Å². The van der Waals surface area contributed by atoms with Gasteiger partial charge in [0.15, 0.2) is 6.23 Å². The van der Waals surface area contributed by atoms with Crippen LogP contribution in [0.15, 0.2) is 35.3 Å². The number of carbonyl (C=O) groups is 2. The summed E-state index contributed by atoms with van der Waals surface area (Å²) in [6.07, 6.45) is 0.721. The third-order valence-electron chi connectivity index (χ3n) is 5.05. The lowest BCUT2D eigenvalue weighted by Crippen LogP contribution is -2.51. The van der Waals surface area contributed by atoms with Crippen LogP contribution < -0.4 is 4.90 Å². The van der Waals surface area contributed by atoms with Gasteiger partial charge in [0.2, 0.25) is 0 Å². The standard InChI is InChI=1S/C17H18BrNO4/c1-5-16(2,3)17-9-13(20)23-14(17)19(15(21)22-4)12-8-10(18)6-7-11(12)17/h5-8,14H,1,9H2,2-4H3/t14-,17+/m0/s1. The summed E-state index contributed by atoms with van der Waals surface area (Å²) >= 11 is 3.43. The monoisotopic (exact) mass is 379 g/mol. The minimum atomic E-state index is -0.736. The number of allylic oxidation sites excluding steroid dienone is 1. The van der Waals surface area contributed by atoms with Crippen molar-refractivity contribution in [3.63, 3.8) is 0 Å². The van der Waals surface area contributed by atoms with Gasteiger partial charge in [0.05, 0.1) is 24.6 Å². The van der Waals surface area contributed by atoms with Crippen LogP contribution in [0.2, 0.25) is 0 Å². The molecule has 1 aromatic rings. The molecule has 23 heavy (non-hydrogen) atoms. The maximum atomic E-state index is 12.4. The summed E-state index contributed by atoms with van der Waals surface area (Å²) in [4.78, 5) is 25.9. The molecule has 0 aliphatic carbocycles. The van der Waals surface area contributed by atoms with E-state index in [1.807, 2.05) is 38.1 Å². The number of methoxy groups -OCH3 is 1. The van der Waals surface area contributed by atoms with Crippen LogP contribution in [0.4, 0.5) is 10.5 Å². The fourth-order valence-electron chi connectivity index (χ4n) is 3.66. The van der Waals surface area contributed by atoms with E-state index in [0.717, 1.165) is 10.0 Å². The highest BCUT2D eigenvalue weighted by molar-refractivity contribution is 9.10. The van der Waals surface area contributed by atoms with Gasteiger partial charge in [-0.3, -0.25) is 4.79 Å². The van der Waals surface area contributed by atoms with Crippen molar-refractivity contribution < 1.29 is 19.1 Å². The van der Waals surface area contributed by atoms with Crippen molar-refractivity contribution in [3.8, 4) is 0 Å². The van der Waals surface area contributed by atoms with Gasteiger partial charge in [-0.25, -0.2) is 9.69 Å². The number of fused-ring (bicyclic) bond motifs is 3. The first-order valence-electron chi connectivity index (χ1n) is 7.29. The molecule has 1 saturated heterocycles. The van der Waals surface area contributed by atoms with E-state index in [9.17, 15) is 9.59 Å². The van der Waals surface area contributed by atoms with E-state index in [0.29, 0.717) is 5.69 Å². The second-order valence-corrected chi connectivity index (χ2v) is 7.33. The van der Waals surface area contributed by atoms with Crippen molar-refractivity contribution in [2.45, 2.75) is 31.9 Å². The molecule has 1 amide bonds. The molecule has 0 saturated carbocycles. The number of anilines is 1. The molecule has 2 heterocycles. The Hall–Kier alpha value is -1.82. The predicted octanol–water partition coefficient (Wildman–Crippen LogP) is 3.76. The Balaban J connectivity index is 2.32. The Morgan fingerprint density at radius 2 is 2.26 bits per heavy atom. The molecule has 1 fully saturated rings. The summed E-state index contributed by atoms with van der Waals surface area (Å²) in [5.41, 5.74) is 0.441. The fraction of sp³-hybridized carbons (Fsp3) is 0.412. The van der Waals surface area contributed by atoms with Gasteiger partial charge < -0.3 is 9.47 Å². The first-order valence-corrected chi connectivity index (χ1v) is 8.08. The summed E-state index contributed by atoms with van der Waals surface area (Å²) in [5, 5.41) is 0. The third-order valence-corrected chi connectivity index (χ3v) is 5.55. The Bertz CT molecular complexity index is 715. The maximum Gasteiger partial charge on any atom is 0.417 e. The maximum absolute atomic E-state index is 12.4. The number of carbonyl (C=O) groups excluding carboxylic acids is 2. The van der Waals surface area contributed by atoms with Crippen LogP contribution in [-0.4, -0.2) is 25.4 Å². The van der Waals surface area contributed by atoms with Gasteiger partial charge in [0.1, 0.15) is 0 Å². The number of nitrogens with zero attached hydrogens (tertiary/aromatic N) is 1. The highest BCUT2D eigenvalue weighted by atomic mass is 79.9. The molecule has 2 atom stereocenters. The number of hydrogen-bond acceptors (Lipinski definition) is 4. The average Bonchev–Trinajstić information content (AvgIpc) is 2.97. The van der Waals surface area contributed by atoms with E-state index < -0.39 is 23.2 Å². The lowest BCUT2D eigenvalue weighted by Gasteiger charge is -2.41. The number of benzene rings is 1. The van der Waals surface area contributed by atoms with Crippen molar-refractivity contribution in [3.05, 3.63) is 40.9 Å². The van der Waals surface area contributed by atoms with Gasteiger partial charge in [-0.15, -0.1) is 6.58 Å². The van der Waals surface area contributed by atoms with Crippen molar-refractivity contribution in [1.29, 1.82) is 0 Å². The Morgan fingerprint density at radius 3 is 2.87 bits per heavy atom. The average molecular weight is 380 g/mol. The van der Waals surface area contributed by atoms with E-state index in [1.165, 1.54) is 12.0 Å². The fourth-order valence-corrected chi connectivity index (χ4v) is 4.01. The van der Waals surface area contributed by atoms with Crippen molar-refractivity contribution in [1.82, 2.24) is 0 Å². The highest BCUT2D eigenvalue weighted by Gasteiger charge is 2.66. The van der Waals surface area contributed by atoms with E-state index in [1.54, 1.807) is 0 Å². The second kappa shape index (κ2) is 5.09. The normalized spacial score (nSPS) is 25.7. The molecule has 0 spiro atoms. The molecule has 1 aromatic carbocycles. The largest absolute Gasteiger partial charge is 0.452 e. The lowest BCUT2D eigenvalue weighted by atomic mass is 9.61. The zero-order valence-electron chi connectivity index (χ0n) is 13.3. The summed E-state index contributed by atoms with van der Waals surface area (Å²) in [5.74, 6) is -0.326. The smallest absolute Gasteiger partial charge is 0.417 e. The quantitative estimate of drug-likeness (QED) is 0.579. The molecule has 6 heteroatoms. The molecule has 0 bridgehead atoms. The molecule has 0 unspecified atom stereocenters. The number of amides is 1. The van der Waals surface area contributed by atoms with Crippen LogP contribution >= 0.6 is 15.9 Å². The van der Waals surface area contributed by atoms with Crippen LogP contribution in [0.25, 0.3) is 0 Å². The molecule has 3 rings (SSSR count). The summed E-state index contributed by atoms with van der Waals surface area (Å²) in [7, 11) is 1.31. The molecule has 5 nitrogen and oxygen atoms in total. The lowest BCUT2D eigenvalue weighted by molar-refractivity contribution is -0.141. The number of halogens is 1. The minimum Gasteiger partial charge on any atom is -0.452 e. The second-order valence-electron chi connectivity index (χ2n) is 6.42. The van der Waals surface area contributed by atoms with Gasteiger partial charge in [-0.1, -0.05) is 41.9 Å². The van der Waals surface area contributed by atoms with Crippen LogP contribution in [0.3, 0.4) is 0 Å². The van der Waals surface area contributed by atoms with E-state index in [4.69, 9.17) is 9.47 Å². The van der Waals surface area contributed by atoms with Gasteiger partial charge in [-0.2, -0.15) is 0 Å². The van der Waals surface area contributed by atoms with Gasteiger partial charge in [0.25, 0.3) is 0 Å². The van der Waals surface area contributed by atoms with Crippen LogP contribution in [0, 0.1) is 5.41 Å². The molecule has 2 aliphatic rings. The Morgan fingerprint density at radius 1 is 1.57 bits per heavy atom. The predicted molar refractivity (Wildman–Crippen MR) is 89.2 cm³/mol. The van der Waals surface area contributed by atoms with Gasteiger partial charge in [-0.05, 0) is 23.1 Å². The number of hydrogen-bond donors (Lipinski definition) is 0.